The molecule has 6 heteroatoms. The summed E-state index contributed by atoms with van der Waals surface area (Å²) in [6.07, 6.45) is 0.135. The van der Waals surface area contributed by atoms with E-state index in [0.717, 1.165) is 22.4 Å². The van der Waals surface area contributed by atoms with Crippen molar-refractivity contribution in [3.05, 3.63) is 89.0 Å². The monoisotopic (exact) mass is 441 g/mol. The molecule has 1 atom stereocenters. The van der Waals surface area contributed by atoms with Gasteiger partial charge in [-0.15, -0.1) is 0 Å². The van der Waals surface area contributed by atoms with Crippen molar-refractivity contribution in [2.45, 2.75) is 27.2 Å². The second-order valence-corrected chi connectivity index (χ2v) is 8.58. The van der Waals surface area contributed by atoms with Gasteiger partial charge in [-0.1, -0.05) is 41.5 Å². The summed E-state index contributed by atoms with van der Waals surface area (Å²) in [7, 11) is 0. The van der Waals surface area contributed by atoms with Crippen LogP contribution in [-0.2, 0) is 9.59 Å². The van der Waals surface area contributed by atoms with Crippen LogP contribution in [0.1, 0.15) is 33.5 Å². The number of nitrogens with zero attached hydrogens (tertiary/aromatic N) is 1. The summed E-state index contributed by atoms with van der Waals surface area (Å²) in [6.45, 7) is 6.21. The molecule has 168 valence electrons. The lowest BCUT2D eigenvalue weighted by Gasteiger charge is -2.18. The molecule has 1 aliphatic rings. The Labute approximate surface area is 193 Å². The van der Waals surface area contributed by atoms with Crippen LogP contribution in [0.5, 0.6) is 0 Å². The molecule has 1 saturated heterocycles. The van der Waals surface area contributed by atoms with Crippen LogP contribution in [0.4, 0.5) is 17.1 Å². The second kappa shape index (κ2) is 9.28. The lowest BCUT2D eigenvalue weighted by molar-refractivity contribution is -0.122. The summed E-state index contributed by atoms with van der Waals surface area (Å²) < 4.78 is 0. The lowest BCUT2D eigenvalue weighted by atomic mass is 10.1. The standard InChI is InChI=1S/C27H27N3O3/c1-17-7-10-22(11-8-17)28-26(32)20-5-4-6-23(14-20)30-16-21(15-25(30)31)27(33)29-24-12-9-18(2)13-19(24)3/h4-14,21H,15-16H2,1-3H3,(H,28,32)(H,29,33)/t21-/m0/s1. The molecule has 0 radical (unpaired) electrons. The molecule has 0 bridgehead atoms. The highest BCUT2D eigenvalue weighted by molar-refractivity contribution is 6.07. The Morgan fingerprint density at radius 2 is 1.61 bits per heavy atom. The summed E-state index contributed by atoms with van der Waals surface area (Å²) >= 11 is 0. The first kappa shape index (κ1) is 22.3. The van der Waals surface area contributed by atoms with Gasteiger partial charge in [0.1, 0.15) is 0 Å². The van der Waals surface area contributed by atoms with E-state index >= 15 is 0 Å². The minimum Gasteiger partial charge on any atom is -0.326 e. The lowest BCUT2D eigenvalue weighted by Crippen LogP contribution is -2.28. The molecule has 33 heavy (non-hydrogen) atoms. The largest absolute Gasteiger partial charge is 0.326 e. The Bertz CT molecular complexity index is 1220. The van der Waals surface area contributed by atoms with E-state index in [2.05, 4.69) is 10.6 Å². The zero-order valence-electron chi connectivity index (χ0n) is 19.0. The predicted molar refractivity (Wildman–Crippen MR) is 131 cm³/mol. The number of carbonyl (C=O) groups is 3. The number of benzene rings is 3. The van der Waals surface area contributed by atoms with Crippen molar-refractivity contribution in [2.75, 3.05) is 22.1 Å². The summed E-state index contributed by atoms with van der Waals surface area (Å²) in [5, 5.41) is 5.82. The second-order valence-electron chi connectivity index (χ2n) is 8.58. The fourth-order valence-corrected chi connectivity index (χ4v) is 3.98. The number of rotatable bonds is 5. The number of nitrogens with one attached hydrogen (secondary N) is 2. The van der Waals surface area contributed by atoms with Crippen LogP contribution < -0.4 is 15.5 Å². The summed E-state index contributed by atoms with van der Waals surface area (Å²) in [4.78, 5) is 39.8. The maximum Gasteiger partial charge on any atom is 0.255 e. The van der Waals surface area contributed by atoms with Gasteiger partial charge in [-0.2, -0.15) is 0 Å². The first-order chi connectivity index (χ1) is 15.8. The molecular weight excluding hydrogens is 414 g/mol. The quantitative estimate of drug-likeness (QED) is 0.594. The zero-order chi connectivity index (χ0) is 23.5. The Hall–Kier alpha value is -3.93. The Balaban J connectivity index is 1.44. The Morgan fingerprint density at radius 3 is 2.33 bits per heavy atom. The third kappa shape index (κ3) is 5.12. The molecule has 0 spiro atoms. The highest BCUT2D eigenvalue weighted by atomic mass is 16.2. The average Bonchev–Trinajstić information content (AvgIpc) is 3.19. The van der Waals surface area contributed by atoms with Gasteiger partial charge in [0.05, 0.1) is 5.92 Å². The van der Waals surface area contributed by atoms with Gasteiger partial charge in [0.2, 0.25) is 11.8 Å². The Morgan fingerprint density at radius 1 is 0.879 bits per heavy atom. The predicted octanol–water partition coefficient (Wildman–Crippen LogP) is 4.86. The van der Waals surface area contributed by atoms with Crippen LogP contribution in [0.25, 0.3) is 0 Å². The number of aryl methyl sites for hydroxylation is 3. The van der Waals surface area contributed by atoms with Crippen molar-refractivity contribution in [1.29, 1.82) is 0 Å². The van der Waals surface area contributed by atoms with Gasteiger partial charge in [-0.25, -0.2) is 0 Å². The van der Waals surface area contributed by atoms with E-state index in [-0.39, 0.29) is 30.7 Å². The van der Waals surface area contributed by atoms with E-state index in [0.29, 0.717) is 16.9 Å². The molecule has 3 amide bonds. The van der Waals surface area contributed by atoms with E-state index < -0.39 is 5.92 Å². The summed E-state index contributed by atoms with van der Waals surface area (Å²) in [5.41, 5.74) is 5.74. The number of anilines is 3. The normalized spacial score (nSPS) is 15.4. The molecule has 0 unspecified atom stereocenters. The molecule has 1 aliphatic heterocycles. The van der Waals surface area contributed by atoms with E-state index in [1.54, 1.807) is 29.2 Å². The molecule has 3 aromatic rings. The Kier molecular flexibility index (Phi) is 6.27. The average molecular weight is 442 g/mol. The fraction of sp³-hybridized carbons (Fsp3) is 0.222. The van der Waals surface area contributed by atoms with Crippen LogP contribution in [0.2, 0.25) is 0 Å². The van der Waals surface area contributed by atoms with Crippen molar-refractivity contribution in [2.24, 2.45) is 5.92 Å². The van der Waals surface area contributed by atoms with Crippen LogP contribution in [0, 0.1) is 26.7 Å². The van der Waals surface area contributed by atoms with Crippen molar-refractivity contribution < 1.29 is 14.4 Å². The SMILES string of the molecule is Cc1ccc(NC(=O)c2cccc(N3C[C@@H](C(=O)Nc4ccc(C)cc4C)CC3=O)c2)cc1. The minimum absolute atomic E-state index is 0.133. The number of carbonyl (C=O) groups excluding carboxylic acids is 3. The zero-order valence-corrected chi connectivity index (χ0v) is 19.0. The van der Waals surface area contributed by atoms with E-state index in [9.17, 15) is 14.4 Å². The molecule has 1 fully saturated rings. The molecule has 6 nitrogen and oxygen atoms in total. The summed E-state index contributed by atoms with van der Waals surface area (Å²) in [6, 6.07) is 20.3. The molecule has 0 aliphatic carbocycles. The number of hydrogen-bond acceptors (Lipinski definition) is 3. The van der Waals surface area contributed by atoms with E-state index in [1.807, 2.05) is 63.2 Å². The molecule has 0 saturated carbocycles. The van der Waals surface area contributed by atoms with Gasteiger partial charge < -0.3 is 15.5 Å². The fourth-order valence-electron chi connectivity index (χ4n) is 3.98. The molecule has 2 N–H and O–H groups in total. The topological polar surface area (TPSA) is 78.5 Å². The van der Waals surface area contributed by atoms with Crippen molar-refractivity contribution >= 4 is 34.8 Å². The van der Waals surface area contributed by atoms with Crippen molar-refractivity contribution in [1.82, 2.24) is 0 Å². The van der Waals surface area contributed by atoms with Gasteiger partial charge in [0.25, 0.3) is 5.91 Å². The van der Waals surface area contributed by atoms with Gasteiger partial charge in [0, 0.05) is 35.6 Å². The molecular formula is C27H27N3O3. The van der Waals surface area contributed by atoms with Gasteiger partial charge in [-0.3, -0.25) is 14.4 Å². The minimum atomic E-state index is -0.455. The molecule has 3 aromatic carbocycles. The smallest absolute Gasteiger partial charge is 0.255 e. The van der Waals surface area contributed by atoms with Crippen molar-refractivity contribution in [3.8, 4) is 0 Å². The summed E-state index contributed by atoms with van der Waals surface area (Å²) in [5.74, 6) is -1.02. The first-order valence-corrected chi connectivity index (χ1v) is 11.0. The highest BCUT2D eigenvalue weighted by Gasteiger charge is 2.35. The molecule has 1 heterocycles. The highest BCUT2D eigenvalue weighted by Crippen LogP contribution is 2.27. The molecule has 4 rings (SSSR count). The maximum atomic E-state index is 12.8. The number of hydrogen-bond donors (Lipinski definition) is 2. The van der Waals surface area contributed by atoms with Crippen LogP contribution >= 0.6 is 0 Å². The number of amides is 3. The third-order valence-electron chi connectivity index (χ3n) is 5.87. The van der Waals surface area contributed by atoms with Gasteiger partial charge in [-0.05, 0) is 62.7 Å². The van der Waals surface area contributed by atoms with E-state index in [4.69, 9.17) is 0 Å². The van der Waals surface area contributed by atoms with Gasteiger partial charge >= 0.3 is 0 Å². The van der Waals surface area contributed by atoms with Gasteiger partial charge in [0.15, 0.2) is 0 Å². The van der Waals surface area contributed by atoms with Crippen molar-refractivity contribution in [3.63, 3.8) is 0 Å². The van der Waals surface area contributed by atoms with Crippen LogP contribution in [0.15, 0.2) is 66.7 Å². The van der Waals surface area contributed by atoms with Crippen LogP contribution in [-0.4, -0.2) is 24.3 Å². The van der Waals surface area contributed by atoms with E-state index in [1.165, 1.54) is 0 Å². The maximum absolute atomic E-state index is 12.8. The molecule has 0 aromatic heterocycles. The third-order valence-corrected chi connectivity index (χ3v) is 5.87. The first-order valence-electron chi connectivity index (χ1n) is 11.0. The van der Waals surface area contributed by atoms with Crippen LogP contribution in [0.3, 0.4) is 0 Å².